The number of oxime groups is 2. The lowest BCUT2D eigenvalue weighted by Crippen LogP contribution is -2.36. The molecule has 2 amide bonds. The van der Waals surface area contributed by atoms with Crippen LogP contribution in [0.3, 0.4) is 0 Å². The minimum absolute atomic E-state index is 0.00623. The Morgan fingerprint density at radius 2 is 1.32 bits per heavy atom. The lowest BCUT2D eigenvalue weighted by molar-refractivity contribution is -0.143. The van der Waals surface area contributed by atoms with Gasteiger partial charge in [0.15, 0.2) is 46.8 Å². The van der Waals surface area contributed by atoms with E-state index >= 15 is 0 Å². The number of fused-ring (bicyclic) bond motifs is 2. The standard InChI is InChI=1S/C23H32N2O4.C18H17NO3.C16H18N6O7S2.C16H17N3O5S/c1-7-16-13-15(3)14-17(8-2)18(16)19-20(26)24-9-11-28-12-10-25(24)21(19)29-22(27)23(4,5)6;1-2-21-17(20)16-13-18(22-19-16,14-9-5-3-6-10-14)15-11-7-4-8-12-15;1-4-30(24,25)13-14(22-8-6-5-7-10(22)17-13)31(26,27)21-16(23)20-15-18-11(28-2)9-12(19-15)29-3;1-9-10(15(20)11-8-17-19(2)16(11)21)4-5-13(25(3,22)23)14(9)12-6-7-24-18-12/h13-14H,7-12H2,1-6H3;3-12H,2,13H2,1H3;5-9H,4H2,1-3H3,(H2,18,19,20,21,23);4-5,8,17H,6-7H2,1-3H3. The highest BCUT2D eigenvalue weighted by Gasteiger charge is 2.45. The predicted octanol–water partition coefficient (Wildman–Crippen LogP) is 8.23. The number of carbonyl (C=O) groups is 4. The first-order chi connectivity index (χ1) is 50.8. The SMILES string of the molecule is CCOC(=O)C1=NOC(c2ccccc2)(c2ccccc2)C1.CCS(=O)(=O)c1nc2ccccn2c1S(=O)(=O)NC(=O)Nc1nc(OC)cc(OC)n1.CCc1cc(C)cc(CC)c1-c1c(OC(=O)C(C)(C)C)n2n(c1=O)CCOCC2.Cc1c(C(=O)c2c[nH]n(C)c2=O)ccc(S(C)(=O)=O)c1C1=NOCC1. The molecule has 5 aromatic heterocycles. The maximum Gasteiger partial charge on any atom is 0.356 e. The highest BCUT2D eigenvalue weighted by Crippen LogP contribution is 2.42. The van der Waals surface area contributed by atoms with Crippen molar-refractivity contribution in [1.29, 1.82) is 0 Å². The maximum atomic E-state index is 13.5. The van der Waals surface area contributed by atoms with E-state index in [0.717, 1.165) is 51.3 Å². The number of aryl methyl sites for hydroxylation is 4. The first-order valence-electron chi connectivity index (χ1n) is 33.9. The molecule has 3 aliphatic heterocycles. The predicted molar refractivity (Wildman–Crippen MR) is 395 cm³/mol. The van der Waals surface area contributed by atoms with Gasteiger partial charge < -0.3 is 38.5 Å². The van der Waals surface area contributed by atoms with Crippen molar-refractivity contribution in [2.75, 3.05) is 58.0 Å². The van der Waals surface area contributed by atoms with Gasteiger partial charge in [-0.15, -0.1) is 0 Å². The van der Waals surface area contributed by atoms with Crippen LogP contribution in [0.25, 0.3) is 16.8 Å². The van der Waals surface area contributed by atoms with Gasteiger partial charge in [-0.25, -0.2) is 45.5 Å². The number of nitrogens with zero attached hydrogens (tertiary/aromatic N) is 9. The molecule has 4 aromatic carbocycles. The van der Waals surface area contributed by atoms with Gasteiger partial charge in [0.05, 0.1) is 81.4 Å². The minimum Gasteiger partial charge on any atom is -0.481 e. The molecular weight excluding hydrogens is 1450 g/mol. The van der Waals surface area contributed by atoms with Crippen molar-refractivity contribution in [1.82, 2.24) is 43.2 Å². The normalized spacial score (nSPS) is 13.9. The van der Waals surface area contributed by atoms with Gasteiger partial charge in [-0.3, -0.25) is 33.6 Å². The molecule has 0 unspecified atom stereocenters. The molecule has 0 bridgehead atoms. The molecule has 3 N–H and O–H groups in total. The van der Waals surface area contributed by atoms with Crippen molar-refractivity contribution >= 4 is 76.5 Å². The summed E-state index contributed by atoms with van der Waals surface area (Å²) in [6.07, 6.45) is 6.16. The molecule has 0 saturated heterocycles. The van der Waals surface area contributed by atoms with Crippen LogP contribution < -0.4 is 35.4 Å². The third-order valence-electron chi connectivity index (χ3n) is 17.1. The molecule has 3 aliphatic rings. The van der Waals surface area contributed by atoms with Gasteiger partial charge >= 0.3 is 18.0 Å². The number of hydrogen-bond donors (Lipinski definition) is 3. The van der Waals surface area contributed by atoms with E-state index in [2.05, 4.69) is 68.6 Å². The number of aromatic nitrogens is 8. The number of H-pyrrole nitrogens is 1. The first kappa shape index (κ1) is 80.0. The third-order valence-corrected chi connectivity index (χ3v) is 21.4. The van der Waals surface area contributed by atoms with Crippen LogP contribution in [-0.2, 0) is 97.0 Å². The summed E-state index contributed by atoms with van der Waals surface area (Å²) in [7, 11) is -8.06. The highest BCUT2D eigenvalue weighted by molar-refractivity contribution is 7.93. The fraction of sp³-hybridized carbons (Fsp3) is 0.356. The summed E-state index contributed by atoms with van der Waals surface area (Å²) in [5, 5.41) is 11.3. The van der Waals surface area contributed by atoms with Crippen molar-refractivity contribution in [3.05, 3.63) is 192 Å². The number of urea groups is 1. The number of imidazole rings is 1. The Morgan fingerprint density at radius 1 is 0.710 bits per heavy atom. The third kappa shape index (κ3) is 17.7. The highest BCUT2D eigenvalue weighted by atomic mass is 32.2. The molecule has 0 fully saturated rings. The van der Waals surface area contributed by atoms with Gasteiger partial charge in [-0.2, -0.15) is 18.4 Å². The molecule has 31 nitrogen and oxygen atoms in total. The number of pyridine rings is 1. The average Bonchev–Trinajstić information content (AvgIpc) is 1.65. The van der Waals surface area contributed by atoms with E-state index in [4.69, 9.17) is 33.4 Å². The number of ether oxygens (including phenoxy) is 5. The van der Waals surface area contributed by atoms with Crippen molar-refractivity contribution in [2.45, 2.75) is 122 Å². The summed E-state index contributed by atoms with van der Waals surface area (Å²) in [6, 6.07) is 31.3. The number of aromatic amines is 1. The molecule has 12 rings (SSSR count). The van der Waals surface area contributed by atoms with Gasteiger partial charge in [0.25, 0.3) is 21.1 Å². The molecule has 568 valence electrons. The van der Waals surface area contributed by atoms with E-state index in [1.54, 1.807) is 34.0 Å². The van der Waals surface area contributed by atoms with Crippen LogP contribution in [0, 0.1) is 19.3 Å². The van der Waals surface area contributed by atoms with Crippen LogP contribution in [-0.4, -0.2) is 152 Å². The fourth-order valence-electron chi connectivity index (χ4n) is 11.8. The van der Waals surface area contributed by atoms with E-state index in [1.807, 2.05) is 81.4 Å². The summed E-state index contributed by atoms with van der Waals surface area (Å²) < 4.78 is 109. The largest absolute Gasteiger partial charge is 0.481 e. The number of anilines is 1. The Kier molecular flexibility index (Phi) is 25.1. The molecule has 0 atom stereocenters. The van der Waals surface area contributed by atoms with Gasteiger partial charge in [0.2, 0.25) is 23.6 Å². The summed E-state index contributed by atoms with van der Waals surface area (Å²) in [5.74, 6) is -1.48. The van der Waals surface area contributed by atoms with E-state index in [1.165, 1.54) is 81.2 Å². The number of ketones is 1. The minimum atomic E-state index is -4.68. The second-order valence-electron chi connectivity index (χ2n) is 25.5. The number of hydrogen-bond acceptors (Lipinski definition) is 24. The van der Waals surface area contributed by atoms with Crippen molar-refractivity contribution in [3.63, 3.8) is 0 Å². The number of rotatable bonds is 19. The van der Waals surface area contributed by atoms with Crippen LogP contribution in [0.4, 0.5) is 10.7 Å². The molecule has 8 heterocycles. The monoisotopic (exact) mass is 1530 g/mol. The number of amides is 2. The number of carbonyl (C=O) groups excluding carboxylic acids is 4. The molecule has 9 aromatic rings. The molecule has 0 spiro atoms. The topological polar surface area (TPSA) is 392 Å². The number of nitrogens with one attached hydrogen (secondary N) is 3. The van der Waals surface area contributed by atoms with Crippen LogP contribution >= 0.6 is 0 Å². The molecule has 0 radical (unpaired) electrons. The zero-order valence-electron chi connectivity index (χ0n) is 61.3. The number of methoxy groups -OCH3 is 2. The number of sulfonamides is 1. The lowest BCUT2D eigenvalue weighted by atomic mass is 9.82. The van der Waals surface area contributed by atoms with Crippen molar-refractivity contribution in [3.8, 4) is 28.8 Å². The maximum absolute atomic E-state index is 13.5. The molecule has 34 heteroatoms. The number of benzene rings is 4. The van der Waals surface area contributed by atoms with E-state index in [-0.39, 0.29) is 56.7 Å². The first-order valence-corrected chi connectivity index (χ1v) is 38.9. The van der Waals surface area contributed by atoms with Crippen molar-refractivity contribution in [2.24, 2.45) is 22.8 Å². The summed E-state index contributed by atoms with van der Waals surface area (Å²) in [4.78, 5) is 97.9. The Balaban J connectivity index is 0.000000166. The summed E-state index contributed by atoms with van der Waals surface area (Å²) >= 11 is 0. The molecule has 0 saturated carbocycles. The smallest absolute Gasteiger partial charge is 0.356 e. The quantitative estimate of drug-likeness (QED) is 0.0506. The van der Waals surface area contributed by atoms with Gasteiger partial charge in [0, 0.05) is 54.4 Å². The molecule has 107 heavy (non-hydrogen) atoms. The second-order valence-corrected chi connectivity index (χ2v) is 31.3. The lowest BCUT2D eigenvalue weighted by Gasteiger charge is -2.27. The summed E-state index contributed by atoms with van der Waals surface area (Å²) in [6.45, 7) is 19.0. The zero-order valence-corrected chi connectivity index (χ0v) is 63.8. The van der Waals surface area contributed by atoms with Crippen molar-refractivity contribution < 1.29 is 77.8 Å². The Hall–Kier alpha value is -11.1. The number of sulfone groups is 2. The Labute approximate surface area is 617 Å². The van der Waals surface area contributed by atoms with Crippen LogP contribution in [0.2, 0.25) is 0 Å². The second kappa shape index (κ2) is 33.6. The fourth-order valence-corrected chi connectivity index (χ4v) is 15.4. The average molecular weight is 1530 g/mol. The van der Waals surface area contributed by atoms with Crippen LogP contribution in [0.1, 0.15) is 116 Å². The van der Waals surface area contributed by atoms with E-state index in [0.29, 0.717) is 86.4 Å². The Bertz CT molecular complexity index is 5300. The summed E-state index contributed by atoms with van der Waals surface area (Å²) in [5.41, 5.74) is 6.65. The number of esters is 2. The van der Waals surface area contributed by atoms with Crippen LogP contribution in [0.15, 0.2) is 156 Å². The van der Waals surface area contributed by atoms with Gasteiger partial charge in [-0.1, -0.05) is 116 Å². The Morgan fingerprint density at radius 3 is 1.85 bits per heavy atom. The van der Waals surface area contributed by atoms with Gasteiger partial charge in [0.1, 0.15) is 23.4 Å². The molecular formula is C73H84N12O19S3. The van der Waals surface area contributed by atoms with E-state index < -0.39 is 74.1 Å². The zero-order chi connectivity index (χ0) is 77.9. The van der Waals surface area contributed by atoms with Gasteiger partial charge in [-0.05, 0) is 101 Å². The van der Waals surface area contributed by atoms with E-state index in [9.17, 15) is 54.0 Å². The molecule has 0 aliphatic carbocycles. The van der Waals surface area contributed by atoms with Crippen LogP contribution in [0.5, 0.6) is 17.6 Å².